The lowest BCUT2D eigenvalue weighted by Gasteiger charge is -2.32. The van der Waals surface area contributed by atoms with Crippen molar-refractivity contribution in [3.63, 3.8) is 0 Å². The largest absolute Gasteiger partial charge is 0.493 e. The van der Waals surface area contributed by atoms with Gasteiger partial charge in [-0.1, -0.05) is 23.7 Å². The molecule has 0 fully saturated rings. The standard InChI is InChI=1S/C20H21ClN2O5/c1-12-20(25)23(15-6-4-5-7-16(15)28-12)9-8-19(24)22-14-11-18(27-3)17(26-2)10-13(14)21/h4-7,10-12H,8-9H2,1-3H3,(H,22,24)/t12-/m1/s1. The van der Waals surface area contributed by atoms with E-state index in [-0.39, 0.29) is 24.8 Å². The Morgan fingerprint density at radius 3 is 2.61 bits per heavy atom. The van der Waals surface area contributed by atoms with Crippen molar-refractivity contribution in [2.24, 2.45) is 0 Å². The number of carbonyl (C=O) groups is 2. The third-order valence-corrected chi connectivity index (χ3v) is 4.70. The molecule has 0 unspecified atom stereocenters. The van der Waals surface area contributed by atoms with E-state index in [9.17, 15) is 9.59 Å². The monoisotopic (exact) mass is 404 g/mol. The van der Waals surface area contributed by atoms with Crippen LogP contribution in [0.15, 0.2) is 36.4 Å². The van der Waals surface area contributed by atoms with Crippen molar-refractivity contribution < 1.29 is 23.8 Å². The SMILES string of the molecule is COc1cc(Cl)c(NC(=O)CCN2C(=O)[C@@H](C)Oc3ccccc32)cc1OC. The molecule has 0 spiro atoms. The molecule has 28 heavy (non-hydrogen) atoms. The maximum absolute atomic E-state index is 12.5. The summed E-state index contributed by atoms with van der Waals surface area (Å²) in [7, 11) is 3.00. The van der Waals surface area contributed by atoms with Crippen molar-refractivity contribution in [1.82, 2.24) is 0 Å². The van der Waals surface area contributed by atoms with E-state index in [1.807, 2.05) is 12.1 Å². The maximum Gasteiger partial charge on any atom is 0.267 e. The van der Waals surface area contributed by atoms with Crippen LogP contribution in [0.2, 0.25) is 5.02 Å². The third kappa shape index (κ3) is 3.99. The highest BCUT2D eigenvalue weighted by Crippen LogP contribution is 2.36. The molecule has 0 bridgehead atoms. The molecule has 1 aliphatic heterocycles. The smallest absolute Gasteiger partial charge is 0.267 e. The van der Waals surface area contributed by atoms with Gasteiger partial charge in [-0.3, -0.25) is 9.59 Å². The number of rotatable bonds is 6. The van der Waals surface area contributed by atoms with Crippen LogP contribution in [0.4, 0.5) is 11.4 Å². The molecule has 3 rings (SSSR count). The Morgan fingerprint density at radius 2 is 1.89 bits per heavy atom. The van der Waals surface area contributed by atoms with Gasteiger partial charge in [0.25, 0.3) is 5.91 Å². The van der Waals surface area contributed by atoms with Crippen LogP contribution in [0.25, 0.3) is 0 Å². The summed E-state index contributed by atoms with van der Waals surface area (Å²) in [6.45, 7) is 1.91. The molecule has 148 valence electrons. The lowest BCUT2D eigenvalue weighted by atomic mass is 10.1. The molecule has 0 aliphatic carbocycles. The molecule has 1 atom stereocenters. The van der Waals surface area contributed by atoms with Crippen molar-refractivity contribution in [2.45, 2.75) is 19.4 Å². The highest BCUT2D eigenvalue weighted by atomic mass is 35.5. The zero-order chi connectivity index (χ0) is 20.3. The summed E-state index contributed by atoms with van der Waals surface area (Å²) >= 11 is 6.21. The zero-order valence-corrected chi connectivity index (χ0v) is 16.6. The first-order valence-electron chi connectivity index (χ1n) is 8.73. The second-order valence-electron chi connectivity index (χ2n) is 6.20. The van der Waals surface area contributed by atoms with E-state index < -0.39 is 6.10 Å². The van der Waals surface area contributed by atoms with Gasteiger partial charge in [0.1, 0.15) is 5.75 Å². The van der Waals surface area contributed by atoms with E-state index in [1.165, 1.54) is 14.2 Å². The summed E-state index contributed by atoms with van der Waals surface area (Å²) in [5.41, 5.74) is 1.06. The van der Waals surface area contributed by atoms with Gasteiger partial charge >= 0.3 is 0 Å². The summed E-state index contributed by atoms with van der Waals surface area (Å²) in [5.74, 6) is 1.08. The van der Waals surface area contributed by atoms with Gasteiger partial charge in [0.2, 0.25) is 5.91 Å². The first kappa shape index (κ1) is 19.8. The fourth-order valence-corrected chi connectivity index (χ4v) is 3.17. The second kappa shape index (κ2) is 8.39. The minimum atomic E-state index is -0.599. The van der Waals surface area contributed by atoms with E-state index in [0.717, 1.165) is 0 Å². The maximum atomic E-state index is 12.5. The van der Waals surface area contributed by atoms with Crippen LogP contribution >= 0.6 is 11.6 Å². The van der Waals surface area contributed by atoms with E-state index in [4.69, 9.17) is 25.8 Å². The van der Waals surface area contributed by atoms with Crippen LogP contribution in [0, 0.1) is 0 Å². The van der Waals surface area contributed by atoms with Gasteiger partial charge in [-0.25, -0.2) is 0 Å². The van der Waals surface area contributed by atoms with E-state index >= 15 is 0 Å². The number of ether oxygens (including phenoxy) is 3. The average Bonchev–Trinajstić information content (AvgIpc) is 2.69. The minimum Gasteiger partial charge on any atom is -0.493 e. The molecule has 2 aromatic rings. The molecule has 0 radical (unpaired) electrons. The number of benzene rings is 2. The van der Waals surface area contributed by atoms with Gasteiger partial charge in [-0.2, -0.15) is 0 Å². The first-order valence-corrected chi connectivity index (χ1v) is 9.10. The highest BCUT2D eigenvalue weighted by molar-refractivity contribution is 6.34. The van der Waals surface area contributed by atoms with E-state index in [0.29, 0.717) is 33.6 Å². The number of fused-ring (bicyclic) bond motifs is 1. The molecule has 0 saturated heterocycles. The Bertz CT molecular complexity index is 902. The van der Waals surface area contributed by atoms with Crippen LogP contribution in [0.3, 0.4) is 0 Å². The van der Waals surface area contributed by atoms with Crippen LogP contribution in [-0.2, 0) is 9.59 Å². The summed E-state index contributed by atoms with van der Waals surface area (Å²) in [5, 5.41) is 3.08. The molecule has 1 N–H and O–H groups in total. The summed E-state index contributed by atoms with van der Waals surface area (Å²) in [4.78, 5) is 26.5. The number of hydrogen-bond donors (Lipinski definition) is 1. The molecule has 1 heterocycles. The van der Waals surface area contributed by atoms with Gasteiger partial charge in [0.05, 0.1) is 30.6 Å². The van der Waals surface area contributed by atoms with Gasteiger partial charge in [0, 0.05) is 25.1 Å². The average molecular weight is 405 g/mol. The topological polar surface area (TPSA) is 77.1 Å². The lowest BCUT2D eigenvalue weighted by molar-refractivity contribution is -0.125. The molecule has 0 saturated carbocycles. The van der Waals surface area contributed by atoms with Crippen LogP contribution in [0.5, 0.6) is 17.2 Å². The predicted octanol–water partition coefficient (Wildman–Crippen LogP) is 3.50. The van der Waals surface area contributed by atoms with Crippen molar-refractivity contribution in [3.8, 4) is 17.2 Å². The molecule has 7 nitrogen and oxygen atoms in total. The Morgan fingerprint density at radius 1 is 1.21 bits per heavy atom. The second-order valence-corrected chi connectivity index (χ2v) is 6.61. The predicted molar refractivity (Wildman–Crippen MR) is 107 cm³/mol. The van der Waals surface area contributed by atoms with Crippen molar-refractivity contribution in [3.05, 3.63) is 41.4 Å². The Balaban J connectivity index is 1.70. The van der Waals surface area contributed by atoms with Gasteiger partial charge in [-0.15, -0.1) is 0 Å². The van der Waals surface area contributed by atoms with Crippen molar-refractivity contribution in [1.29, 1.82) is 0 Å². The number of amides is 2. The number of carbonyl (C=O) groups excluding carboxylic acids is 2. The van der Waals surface area contributed by atoms with E-state index in [2.05, 4.69) is 5.32 Å². The minimum absolute atomic E-state index is 0.0947. The van der Waals surface area contributed by atoms with Gasteiger partial charge < -0.3 is 24.4 Å². The quantitative estimate of drug-likeness (QED) is 0.797. The van der Waals surface area contributed by atoms with Crippen molar-refractivity contribution in [2.75, 3.05) is 31.0 Å². The molecule has 1 aliphatic rings. The third-order valence-electron chi connectivity index (χ3n) is 4.38. The summed E-state index contributed by atoms with van der Waals surface area (Å²) < 4.78 is 16.0. The number of para-hydroxylation sites is 2. The molecule has 0 aromatic heterocycles. The highest BCUT2D eigenvalue weighted by Gasteiger charge is 2.31. The Kier molecular flexibility index (Phi) is 5.94. The lowest BCUT2D eigenvalue weighted by Crippen LogP contribution is -2.45. The van der Waals surface area contributed by atoms with Gasteiger partial charge in [-0.05, 0) is 19.1 Å². The number of nitrogens with one attached hydrogen (secondary N) is 1. The first-order chi connectivity index (χ1) is 13.4. The van der Waals surface area contributed by atoms with Crippen LogP contribution < -0.4 is 24.4 Å². The molecule has 2 amide bonds. The molecular weight excluding hydrogens is 384 g/mol. The number of methoxy groups -OCH3 is 2. The van der Waals surface area contributed by atoms with Gasteiger partial charge in [0.15, 0.2) is 17.6 Å². The van der Waals surface area contributed by atoms with Crippen LogP contribution in [0.1, 0.15) is 13.3 Å². The summed E-state index contributed by atoms with van der Waals surface area (Å²) in [6, 6.07) is 10.4. The normalized spacial score (nSPS) is 15.5. The number of anilines is 2. The number of hydrogen-bond acceptors (Lipinski definition) is 5. The summed E-state index contributed by atoms with van der Waals surface area (Å²) in [6.07, 6.45) is -0.504. The Labute approximate surface area is 168 Å². The molecular formula is C20H21ClN2O5. The fraction of sp³-hybridized carbons (Fsp3) is 0.300. The molecule has 2 aromatic carbocycles. The van der Waals surface area contributed by atoms with Crippen LogP contribution in [-0.4, -0.2) is 38.7 Å². The van der Waals surface area contributed by atoms with Crippen molar-refractivity contribution >= 4 is 34.8 Å². The fourth-order valence-electron chi connectivity index (χ4n) is 2.97. The number of nitrogens with zero attached hydrogens (tertiary/aromatic N) is 1. The zero-order valence-electron chi connectivity index (χ0n) is 15.8. The van der Waals surface area contributed by atoms with E-state index in [1.54, 1.807) is 36.1 Å². The number of halogens is 1. The Hall–Kier alpha value is -2.93. The molecule has 8 heteroatoms.